The standard InChI is InChI=1S/C17H17F3N2OS/c1-10-21-15(17(18,19)20)14(24-10)16(23)22-13-8-4-7-11-5-2-3-6-12(11)9-13/h2-3,5-6,13H,4,7-9H2,1H3,(H,22,23). The maximum atomic E-state index is 13.0. The highest BCUT2D eigenvalue weighted by atomic mass is 32.1. The van der Waals surface area contributed by atoms with Crippen molar-refractivity contribution in [3.63, 3.8) is 0 Å². The lowest BCUT2D eigenvalue weighted by Crippen LogP contribution is -2.36. The third kappa shape index (κ3) is 3.61. The quantitative estimate of drug-likeness (QED) is 0.824. The molecule has 1 aliphatic carbocycles. The van der Waals surface area contributed by atoms with E-state index in [0.717, 1.165) is 36.2 Å². The first-order valence-corrected chi connectivity index (χ1v) is 8.58. The molecular formula is C17H17F3N2OS. The molecule has 1 N–H and O–H groups in total. The molecule has 0 saturated heterocycles. The third-order valence-electron chi connectivity index (χ3n) is 4.13. The second kappa shape index (κ2) is 6.55. The van der Waals surface area contributed by atoms with E-state index in [1.54, 1.807) is 0 Å². The van der Waals surface area contributed by atoms with E-state index in [1.165, 1.54) is 12.5 Å². The summed E-state index contributed by atoms with van der Waals surface area (Å²) in [6.07, 6.45) is -1.40. The Labute approximate surface area is 141 Å². The number of nitrogens with one attached hydrogen (secondary N) is 1. The van der Waals surface area contributed by atoms with Gasteiger partial charge in [0.1, 0.15) is 4.88 Å². The fourth-order valence-corrected chi connectivity index (χ4v) is 3.90. The largest absolute Gasteiger partial charge is 0.435 e. The zero-order chi connectivity index (χ0) is 17.3. The Hall–Kier alpha value is -1.89. The van der Waals surface area contributed by atoms with Crippen molar-refractivity contribution in [2.24, 2.45) is 0 Å². The molecule has 1 aliphatic rings. The van der Waals surface area contributed by atoms with Crippen LogP contribution in [0.15, 0.2) is 24.3 Å². The monoisotopic (exact) mass is 354 g/mol. The van der Waals surface area contributed by atoms with E-state index in [-0.39, 0.29) is 15.9 Å². The van der Waals surface area contributed by atoms with Crippen molar-refractivity contribution in [3.8, 4) is 0 Å². The van der Waals surface area contributed by atoms with Gasteiger partial charge < -0.3 is 5.32 Å². The summed E-state index contributed by atoms with van der Waals surface area (Å²) in [5, 5.41) is 3.01. The minimum Gasteiger partial charge on any atom is -0.348 e. The molecule has 1 heterocycles. The highest BCUT2D eigenvalue weighted by molar-refractivity contribution is 7.13. The van der Waals surface area contributed by atoms with Crippen LogP contribution in [0.25, 0.3) is 0 Å². The summed E-state index contributed by atoms with van der Waals surface area (Å²) in [6.45, 7) is 1.47. The van der Waals surface area contributed by atoms with Gasteiger partial charge >= 0.3 is 6.18 Å². The van der Waals surface area contributed by atoms with Gasteiger partial charge in [-0.2, -0.15) is 13.2 Å². The van der Waals surface area contributed by atoms with E-state index in [4.69, 9.17) is 0 Å². The van der Waals surface area contributed by atoms with Crippen LogP contribution < -0.4 is 5.32 Å². The van der Waals surface area contributed by atoms with Crippen LogP contribution in [0, 0.1) is 6.92 Å². The second-order valence-electron chi connectivity index (χ2n) is 5.94. The molecule has 0 aliphatic heterocycles. The van der Waals surface area contributed by atoms with Crippen molar-refractivity contribution in [1.29, 1.82) is 0 Å². The molecule has 2 aromatic rings. The molecule has 1 unspecified atom stereocenters. The van der Waals surface area contributed by atoms with E-state index in [1.807, 2.05) is 18.2 Å². The fraction of sp³-hybridized carbons (Fsp3) is 0.412. The van der Waals surface area contributed by atoms with Gasteiger partial charge in [-0.25, -0.2) is 4.98 Å². The van der Waals surface area contributed by atoms with Gasteiger partial charge in [0.2, 0.25) is 0 Å². The minimum atomic E-state index is -4.62. The second-order valence-corrected chi connectivity index (χ2v) is 7.15. The first kappa shape index (κ1) is 17.0. The van der Waals surface area contributed by atoms with Crippen molar-refractivity contribution >= 4 is 17.2 Å². The summed E-state index contributed by atoms with van der Waals surface area (Å²) < 4.78 is 39.1. The van der Waals surface area contributed by atoms with Crippen molar-refractivity contribution in [1.82, 2.24) is 10.3 Å². The maximum Gasteiger partial charge on any atom is 0.435 e. The van der Waals surface area contributed by atoms with E-state index in [0.29, 0.717) is 6.42 Å². The van der Waals surface area contributed by atoms with Gasteiger partial charge in [-0.1, -0.05) is 24.3 Å². The lowest BCUT2D eigenvalue weighted by molar-refractivity contribution is -0.141. The lowest BCUT2D eigenvalue weighted by Gasteiger charge is -2.17. The number of hydrogen-bond donors (Lipinski definition) is 1. The Morgan fingerprint density at radius 2 is 2.00 bits per heavy atom. The number of halogens is 3. The Bertz CT molecular complexity index is 755. The summed E-state index contributed by atoms with van der Waals surface area (Å²) >= 11 is 0.786. The van der Waals surface area contributed by atoms with Gasteiger partial charge in [-0.3, -0.25) is 4.79 Å². The number of alkyl halides is 3. The van der Waals surface area contributed by atoms with Crippen LogP contribution in [-0.4, -0.2) is 16.9 Å². The van der Waals surface area contributed by atoms with E-state index >= 15 is 0 Å². The zero-order valence-corrected chi connectivity index (χ0v) is 13.9. The number of aryl methyl sites for hydroxylation is 2. The van der Waals surface area contributed by atoms with Crippen LogP contribution in [0.2, 0.25) is 0 Å². The van der Waals surface area contributed by atoms with E-state index in [9.17, 15) is 18.0 Å². The Morgan fingerprint density at radius 1 is 1.29 bits per heavy atom. The van der Waals surface area contributed by atoms with Crippen molar-refractivity contribution in [3.05, 3.63) is 51.0 Å². The molecule has 0 radical (unpaired) electrons. The Balaban J connectivity index is 1.78. The molecule has 128 valence electrons. The first-order valence-electron chi connectivity index (χ1n) is 7.77. The maximum absolute atomic E-state index is 13.0. The highest BCUT2D eigenvalue weighted by Crippen LogP contribution is 2.34. The van der Waals surface area contributed by atoms with Crippen molar-refractivity contribution in [2.45, 2.75) is 44.8 Å². The molecule has 1 atom stereocenters. The molecule has 1 aromatic heterocycles. The molecule has 0 fully saturated rings. The Kier molecular flexibility index (Phi) is 4.62. The summed E-state index contributed by atoms with van der Waals surface area (Å²) in [7, 11) is 0. The molecule has 1 aromatic carbocycles. The number of carbonyl (C=O) groups excluding carboxylic acids is 1. The van der Waals surface area contributed by atoms with Gasteiger partial charge in [-0.15, -0.1) is 11.3 Å². The fourth-order valence-electron chi connectivity index (χ4n) is 3.05. The number of aromatic nitrogens is 1. The van der Waals surface area contributed by atoms with Gasteiger partial charge in [0, 0.05) is 6.04 Å². The van der Waals surface area contributed by atoms with Gasteiger partial charge in [0.05, 0.1) is 5.01 Å². The van der Waals surface area contributed by atoms with Crippen molar-refractivity contribution < 1.29 is 18.0 Å². The SMILES string of the molecule is Cc1nc(C(F)(F)F)c(C(=O)NC2CCCc3ccccc3C2)s1. The number of rotatable bonds is 2. The molecule has 3 rings (SSSR count). The zero-order valence-electron chi connectivity index (χ0n) is 13.1. The molecule has 1 amide bonds. The van der Waals surface area contributed by atoms with Crippen molar-refractivity contribution in [2.75, 3.05) is 0 Å². The first-order chi connectivity index (χ1) is 11.3. The summed E-state index contributed by atoms with van der Waals surface area (Å²) in [4.78, 5) is 15.5. The molecular weight excluding hydrogens is 337 g/mol. The molecule has 0 spiro atoms. The normalized spacial score (nSPS) is 17.9. The molecule has 24 heavy (non-hydrogen) atoms. The number of fused-ring (bicyclic) bond motifs is 1. The third-order valence-corrected chi connectivity index (χ3v) is 5.10. The molecule has 0 bridgehead atoms. The average Bonchev–Trinajstić information content (AvgIpc) is 2.80. The van der Waals surface area contributed by atoms with Gasteiger partial charge in [-0.05, 0) is 43.7 Å². The number of carbonyl (C=O) groups is 1. The average molecular weight is 354 g/mol. The molecule has 0 saturated carbocycles. The Morgan fingerprint density at radius 3 is 2.71 bits per heavy atom. The number of hydrogen-bond acceptors (Lipinski definition) is 3. The van der Waals surface area contributed by atoms with Crippen LogP contribution >= 0.6 is 11.3 Å². The predicted molar refractivity (Wildman–Crippen MR) is 86.2 cm³/mol. The predicted octanol–water partition coefficient (Wildman–Crippen LogP) is 4.15. The number of amides is 1. The summed E-state index contributed by atoms with van der Waals surface area (Å²) in [6, 6.07) is 7.83. The van der Waals surface area contributed by atoms with Gasteiger partial charge in [0.15, 0.2) is 5.69 Å². The lowest BCUT2D eigenvalue weighted by atomic mass is 10.0. The van der Waals surface area contributed by atoms with Crippen LogP contribution in [0.3, 0.4) is 0 Å². The van der Waals surface area contributed by atoms with E-state index < -0.39 is 17.8 Å². The summed E-state index contributed by atoms with van der Waals surface area (Å²) in [5.41, 5.74) is 1.31. The van der Waals surface area contributed by atoms with Gasteiger partial charge in [0.25, 0.3) is 5.91 Å². The summed E-state index contributed by atoms with van der Waals surface area (Å²) in [5.74, 6) is -0.683. The van der Waals surface area contributed by atoms with E-state index in [2.05, 4.69) is 16.4 Å². The number of nitrogens with zero attached hydrogens (tertiary/aromatic N) is 1. The number of benzene rings is 1. The van der Waals surface area contributed by atoms with Crippen LogP contribution in [0.5, 0.6) is 0 Å². The van der Waals surface area contributed by atoms with Crippen LogP contribution in [-0.2, 0) is 19.0 Å². The van der Waals surface area contributed by atoms with Crippen LogP contribution in [0.1, 0.15) is 44.3 Å². The smallest absolute Gasteiger partial charge is 0.348 e. The number of thiazole rings is 1. The van der Waals surface area contributed by atoms with Crippen LogP contribution in [0.4, 0.5) is 13.2 Å². The molecule has 7 heteroatoms. The topological polar surface area (TPSA) is 42.0 Å². The minimum absolute atomic E-state index is 0.162. The molecule has 3 nitrogen and oxygen atoms in total. The highest BCUT2D eigenvalue weighted by Gasteiger charge is 2.39.